The van der Waals surface area contributed by atoms with E-state index in [0.29, 0.717) is 12.5 Å². The molecule has 0 saturated carbocycles. The van der Waals surface area contributed by atoms with Crippen molar-refractivity contribution in [1.82, 2.24) is 9.97 Å². The molecule has 0 saturated heterocycles. The van der Waals surface area contributed by atoms with E-state index in [9.17, 15) is 0 Å². The fourth-order valence-electron chi connectivity index (χ4n) is 1.02. The van der Waals surface area contributed by atoms with Crippen molar-refractivity contribution in [3.8, 4) is 0 Å². The maximum Gasteiger partial charge on any atom is 0.0757 e. The Balaban J connectivity index is 3.02. The molecule has 0 aliphatic rings. The van der Waals surface area contributed by atoms with Gasteiger partial charge in [0.1, 0.15) is 0 Å². The summed E-state index contributed by atoms with van der Waals surface area (Å²) in [6.07, 6.45) is 3.38. The predicted octanol–water partition coefficient (Wildman–Crippen LogP) is 1.06. The molecule has 0 radical (unpaired) electrons. The lowest BCUT2D eigenvalue weighted by Gasteiger charge is -2.07. The Morgan fingerprint density at radius 2 is 2.00 bits per heavy atom. The fraction of sp³-hybridized carbons (Fsp3) is 0.500. The molecule has 0 atom stereocenters. The maximum atomic E-state index is 5.49. The zero-order valence-electron chi connectivity index (χ0n) is 6.91. The summed E-state index contributed by atoms with van der Waals surface area (Å²) in [4.78, 5) is 8.34. The molecule has 1 rings (SSSR count). The molecule has 0 bridgehead atoms. The van der Waals surface area contributed by atoms with Gasteiger partial charge in [0, 0.05) is 18.9 Å². The van der Waals surface area contributed by atoms with Crippen LogP contribution in [-0.4, -0.2) is 9.97 Å². The summed E-state index contributed by atoms with van der Waals surface area (Å²) < 4.78 is 0. The Morgan fingerprint density at radius 1 is 1.36 bits per heavy atom. The third kappa shape index (κ3) is 1.74. The van der Waals surface area contributed by atoms with Gasteiger partial charge in [0.25, 0.3) is 0 Å². The van der Waals surface area contributed by atoms with Gasteiger partial charge < -0.3 is 5.73 Å². The molecule has 0 aliphatic heterocycles. The Bertz CT molecular complexity index is 233. The molecule has 11 heavy (non-hydrogen) atoms. The second-order valence-electron chi connectivity index (χ2n) is 2.75. The molecule has 0 aliphatic carbocycles. The summed E-state index contributed by atoms with van der Waals surface area (Å²) in [6.45, 7) is 4.65. The van der Waals surface area contributed by atoms with E-state index in [4.69, 9.17) is 5.73 Å². The quantitative estimate of drug-likeness (QED) is 0.687. The highest BCUT2D eigenvalue weighted by Gasteiger charge is 2.05. The molecule has 1 heterocycles. The second-order valence-corrected chi connectivity index (χ2v) is 2.75. The molecule has 60 valence electrons. The third-order valence-electron chi connectivity index (χ3n) is 1.55. The Hall–Kier alpha value is -0.960. The summed E-state index contributed by atoms with van der Waals surface area (Å²) in [6, 6.07) is 0. The van der Waals surface area contributed by atoms with Crippen molar-refractivity contribution in [2.45, 2.75) is 26.3 Å². The van der Waals surface area contributed by atoms with Gasteiger partial charge in [-0.3, -0.25) is 9.97 Å². The predicted molar refractivity (Wildman–Crippen MR) is 44.0 cm³/mol. The lowest BCUT2D eigenvalue weighted by molar-refractivity contribution is 0.773. The van der Waals surface area contributed by atoms with Crippen molar-refractivity contribution < 1.29 is 0 Å². The first-order valence-corrected chi connectivity index (χ1v) is 3.75. The second kappa shape index (κ2) is 3.44. The molecule has 3 heteroatoms. The molecule has 0 spiro atoms. The summed E-state index contributed by atoms with van der Waals surface area (Å²) >= 11 is 0. The van der Waals surface area contributed by atoms with Gasteiger partial charge in [-0.15, -0.1) is 0 Å². The minimum Gasteiger partial charge on any atom is -0.325 e. The average Bonchev–Trinajstić information content (AvgIpc) is 2.04. The van der Waals surface area contributed by atoms with E-state index in [-0.39, 0.29) is 0 Å². The zero-order chi connectivity index (χ0) is 8.27. The van der Waals surface area contributed by atoms with Crippen LogP contribution in [0.4, 0.5) is 0 Å². The van der Waals surface area contributed by atoms with Gasteiger partial charge >= 0.3 is 0 Å². The van der Waals surface area contributed by atoms with Gasteiger partial charge in [-0.05, 0) is 5.92 Å². The van der Waals surface area contributed by atoms with Gasteiger partial charge in [-0.2, -0.15) is 0 Å². The Labute approximate surface area is 66.7 Å². The molecule has 1 aromatic heterocycles. The van der Waals surface area contributed by atoms with Crippen molar-refractivity contribution >= 4 is 0 Å². The molecular weight excluding hydrogens is 138 g/mol. The van der Waals surface area contributed by atoms with Crippen LogP contribution in [0.25, 0.3) is 0 Å². The van der Waals surface area contributed by atoms with Gasteiger partial charge in [-0.1, -0.05) is 13.8 Å². The summed E-state index contributed by atoms with van der Waals surface area (Å²) in [5, 5.41) is 0. The van der Waals surface area contributed by atoms with E-state index in [0.717, 1.165) is 11.4 Å². The minimum atomic E-state index is 0.405. The van der Waals surface area contributed by atoms with E-state index in [2.05, 4.69) is 23.8 Å². The van der Waals surface area contributed by atoms with Crippen molar-refractivity contribution in [3.05, 3.63) is 23.8 Å². The summed E-state index contributed by atoms with van der Waals surface area (Å²) in [5.41, 5.74) is 7.40. The lowest BCUT2D eigenvalue weighted by atomic mass is 10.1. The normalized spacial score (nSPS) is 10.5. The van der Waals surface area contributed by atoms with Crippen LogP contribution in [0.5, 0.6) is 0 Å². The molecule has 1 aromatic rings. The third-order valence-corrected chi connectivity index (χ3v) is 1.55. The number of aromatic nitrogens is 2. The summed E-state index contributed by atoms with van der Waals surface area (Å²) in [7, 11) is 0. The Morgan fingerprint density at radius 3 is 2.45 bits per heavy atom. The highest BCUT2D eigenvalue weighted by Crippen LogP contribution is 2.12. The van der Waals surface area contributed by atoms with Crippen molar-refractivity contribution in [3.63, 3.8) is 0 Å². The van der Waals surface area contributed by atoms with Gasteiger partial charge in [0.15, 0.2) is 0 Å². The monoisotopic (exact) mass is 151 g/mol. The SMILES string of the molecule is CC(C)c1nccnc1CN. The van der Waals surface area contributed by atoms with Crippen LogP contribution >= 0.6 is 0 Å². The van der Waals surface area contributed by atoms with Crippen molar-refractivity contribution in [2.75, 3.05) is 0 Å². The van der Waals surface area contributed by atoms with E-state index in [1.165, 1.54) is 0 Å². The summed E-state index contributed by atoms with van der Waals surface area (Å²) in [5.74, 6) is 0.405. The van der Waals surface area contributed by atoms with Crippen LogP contribution in [0.3, 0.4) is 0 Å². The number of nitrogens with zero attached hydrogens (tertiary/aromatic N) is 2. The van der Waals surface area contributed by atoms with E-state index < -0.39 is 0 Å². The number of nitrogens with two attached hydrogens (primary N) is 1. The molecule has 0 unspecified atom stereocenters. The average molecular weight is 151 g/mol. The molecule has 2 N–H and O–H groups in total. The van der Waals surface area contributed by atoms with Crippen LogP contribution < -0.4 is 5.73 Å². The lowest BCUT2D eigenvalue weighted by Crippen LogP contribution is -2.07. The van der Waals surface area contributed by atoms with Gasteiger partial charge in [0.2, 0.25) is 0 Å². The van der Waals surface area contributed by atoms with Crippen LogP contribution in [-0.2, 0) is 6.54 Å². The first kappa shape index (κ1) is 8.14. The largest absolute Gasteiger partial charge is 0.325 e. The molecule has 0 amide bonds. The first-order valence-electron chi connectivity index (χ1n) is 3.75. The topological polar surface area (TPSA) is 51.8 Å². The fourth-order valence-corrected chi connectivity index (χ4v) is 1.02. The maximum absolute atomic E-state index is 5.49. The number of hydrogen-bond donors (Lipinski definition) is 1. The van der Waals surface area contributed by atoms with Crippen LogP contribution in [0.15, 0.2) is 12.4 Å². The molecular formula is C8H13N3. The van der Waals surface area contributed by atoms with Crippen molar-refractivity contribution in [1.29, 1.82) is 0 Å². The number of rotatable bonds is 2. The van der Waals surface area contributed by atoms with Gasteiger partial charge in [0.05, 0.1) is 11.4 Å². The standard InChI is InChI=1S/C8H13N3/c1-6(2)8-7(5-9)10-3-4-11-8/h3-4,6H,5,9H2,1-2H3. The molecule has 3 nitrogen and oxygen atoms in total. The molecule has 0 aromatic carbocycles. The highest BCUT2D eigenvalue weighted by molar-refractivity contribution is 5.13. The van der Waals surface area contributed by atoms with Gasteiger partial charge in [-0.25, -0.2) is 0 Å². The van der Waals surface area contributed by atoms with Crippen LogP contribution in [0.1, 0.15) is 31.2 Å². The smallest absolute Gasteiger partial charge is 0.0757 e. The van der Waals surface area contributed by atoms with E-state index in [1.807, 2.05) is 0 Å². The highest BCUT2D eigenvalue weighted by atomic mass is 14.8. The van der Waals surface area contributed by atoms with E-state index >= 15 is 0 Å². The first-order chi connectivity index (χ1) is 5.25. The van der Waals surface area contributed by atoms with Crippen molar-refractivity contribution in [2.24, 2.45) is 5.73 Å². The van der Waals surface area contributed by atoms with Crippen LogP contribution in [0, 0.1) is 0 Å². The molecule has 0 fully saturated rings. The minimum absolute atomic E-state index is 0.405. The number of hydrogen-bond acceptors (Lipinski definition) is 3. The Kier molecular flexibility index (Phi) is 2.54. The zero-order valence-corrected chi connectivity index (χ0v) is 6.91. The van der Waals surface area contributed by atoms with Crippen LogP contribution in [0.2, 0.25) is 0 Å². The van der Waals surface area contributed by atoms with E-state index in [1.54, 1.807) is 12.4 Å².